The number of thioether (sulfide) groups is 1. The highest BCUT2D eigenvalue weighted by Gasteiger charge is 2.21. The quantitative estimate of drug-likeness (QED) is 0.654. The van der Waals surface area contributed by atoms with Crippen LogP contribution in [0.15, 0.2) is 45.7 Å². The molecule has 0 bridgehead atoms. The molecule has 1 aromatic carbocycles. The van der Waals surface area contributed by atoms with Crippen molar-refractivity contribution < 1.29 is 13.9 Å². The second-order valence-electron chi connectivity index (χ2n) is 4.43. The lowest BCUT2D eigenvalue weighted by atomic mass is 10.0. The Balaban J connectivity index is 2.39. The molecule has 0 radical (unpaired) electrons. The molecule has 0 aliphatic rings. The van der Waals surface area contributed by atoms with Gasteiger partial charge >= 0.3 is 5.97 Å². The highest BCUT2D eigenvalue weighted by molar-refractivity contribution is 7.98. The van der Waals surface area contributed by atoms with Crippen LogP contribution < -0.4 is 5.32 Å². The van der Waals surface area contributed by atoms with Gasteiger partial charge in [0.05, 0.1) is 13.2 Å². The number of furan rings is 1. The number of carbonyl (C=O) groups excluding carboxylic acids is 1. The van der Waals surface area contributed by atoms with Crippen LogP contribution in [0.2, 0.25) is 0 Å². The summed E-state index contributed by atoms with van der Waals surface area (Å²) < 4.78 is 10.3. The number of nitrogens with one attached hydrogen (secondary N) is 1. The Morgan fingerprint density at radius 1 is 1.33 bits per heavy atom. The largest absolute Gasteiger partial charge is 0.463 e. The molecule has 2 rings (SSSR count). The summed E-state index contributed by atoms with van der Waals surface area (Å²) >= 11 is 1.69. The predicted molar refractivity (Wildman–Crippen MR) is 83.8 cm³/mol. The first-order chi connectivity index (χ1) is 10.2. The molecular formula is C16H19NO3S. The lowest BCUT2D eigenvalue weighted by Crippen LogP contribution is -2.22. The van der Waals surface area contributed by atoms with Gasteiger partial charge in [0.15, 0.2) is 0 Å². The van der Waals surface area contributed by atoms with Gasteiger partial charge in [0.1, 0.15) is 5.76 Å². The Morgan fingerprint density at radius 2 is 2.10 bits per heavy atom. The van der Waals surface area contributed by atoms with Crippen molar-refractivity contribution in [3.8, 4) is 0 Å². The Hall–Kier alpha value is -1.72. The van der Waals surface area contributed by atoms with E-state index in [4.69, 9.17) is 4.42 Å². The smallest absolute Gasteiger partial charge is 0.373 e. The van der Waals surface area contributed by atoms with Crippen molar-refractivity contribution >= 4 is 17.7 Å². The van der Waals surface area contributed by atoms with Crippen LogP contribution in [0, 0.1) is 0 Å². The predicted octanol–water partition coefficient (Wildman–Crippen LogP) is 3.49. The van der Waals surface area contributed by atoms with E-state index in [0.717, 1.165) is 12.1 Å². The van der Waals surface area contributed by atoms with Crippen molar-refractivity contribution in [1.29, 1.82) is 0 Å². The van der Waals surface area contributed by atoms with E-state index in [9.17, 15) is 4.79 Å². The van der Waals surface area contributed by atoms with E-state index in [1.807, 2.05) is 31.4 Å². The molecule has 4 nitrogen and oxygen atoms in total. The van der Waals surface area contributed by atoms with Crippen LogP contribution in [0.5, 0.6) is 0 Å². The minimum Gasteiger partial charge on any atom is -0.463 e. The number of ether oxygens (including phenoxy) is 1. The molecule has 0 saturated carbocycles. The average molecular weight is 305 g/mol. The Bertz CT molecular complexity index is 609. The van der Waals surface area contributed by atoms with Crippen molar-refractivity contribution in [3.05, 3.63) is 53.5 Å². The van der Waals surface area contributed by atoms with Crippen LogP contribution in [-0.2, 0) is 4.74 Å². The van der Waals surface area contributed by atoms with Gasteiger partial charge in [-0.2, -0.15) is 0 Å². The first-order valence-corrected chi connectivity index (χ1v) is 7.98. The van der Waals surface area contributed by atoms with Crippen LogP contribution in [0.3, 0.4) is 0 Å². The van der Waals surface area contributed by atoms with Crippen molar-refractivity contribution in [1.82, 2.24) is 5.32 Å². The minimum atomic E-state index is -0.463. The SMILES string of the molecule is CCNC(c1ccc(C(=O)OC)o1)c1ccccc1SC. The van der Waals surface area contributed by atoms with Crippen LogP contribution >= 0.6 is 11.8 Å². The minimum absolute atomic E-state index is 0.0861. The lowest BCUT2D eigenvalue weighted by Gasteiger charge is -2.18. The van der Waals surface area contributed by atoms with Gasteiger partial charge in [-0.1, -0.05) is 25.1 Å². The monoisotopic (exact) mass is 305 g/mol. The average Bonchev–Trinajstić information content (AvgIpc) is 3.01. The van der Waals surface area contributed by atoms with E-state index in [-0.39, 0.29) is 11.8 Å². The molecule has 0 fully saturated rings. The molecule has 0 saturated heterocycles. The van der Waals surface area contributed by atoms with Crippen LogP contribution in [0.25, 0.3) is 0 Å². The van der Waals surface area contributed by atoms with Crippen molar-refractivity contribution in [3.63, 3.8) is 0 Å². The van der Waals surface area contributed by atoms with Gasteiger partial charge < -0.3 is 14.5 Å². The first-order valence-electron chi connectivity index (χ1n) is 6.75. The molecule has 0 aliphatic carbocycles. The fraction of sp³-hybridized carbons (Fsp3) is 0.312. The van der Waals surface area contributed by atoms with Crippen molar-refractivity contribution in [2.45, 2.75) is 17.9 Å². The Labute approximate surface area is 128 Å². The number of methoxy groups -OCH3 is 1. The number of esters is 1. The van der Waals surface area contributed by atoms with Crippen LogP contribution in [0.1, 0.15) is 34.8 Å². The molecular weight excluding hydrogens is 286 g/mol. The molecule has 0 amide bonds. The van der Waals surface area contributed by atoms with Gasteiger partial charge in [-0.15, -0.1) is 11.8 Å². The number of hydrogen-bond acceptors (Lipinski definition) is 5. The summed E-state index contributed by atoms with van der Waals surface area (Å²) in [5.74, 6) is 0.463. The van der Waals surface area contributed by atoms with Gasteiger partial charge in [0, 0.05) is 4.90 Å². The van der Waals surface area contributed by atoms with Crippen molar-refractivity contribution in [2.75, 3.05) is 19.9 Å². The van der Waals surface area contributed by atoms with Gasteiger partial charge in [0.25, 0.3) is 0 Å². The van der Waals surface area contributed by atoms with Crippen molar-refractivity contribution in [2.24, 2.45) is 0 Å². The van der Waals surface area contributed by atoms with E-state index in [1.165, 1.54) is 12.0 Å². The Morgan fingerprint density at radius 3 is 2.76 bits per heavy atom. The van der Waals surface area contributed by atoms with E-state index in [1.54, 1.807) is 17.8 Å². The van der Waals surface area contributed by atoms with Gasteiger partial charge in [0.2, 0.25) is 5.76 Å². The highest BCUT2D eigenvalue weighted by Crippen LogP contribution is 2.31. The zero-order valence-corrected chi connectivity index (χ0v) is 13.2. The maximum absolute atomic E-state index is 11.5. The molecule has 1 N–H and O–H groups in total. The zero-order chi connectivity index (χ0) is 15.2. The number of carbonyl (C=O) groups is 1. The Kier molecular flexibility index (Phi) is 5.47. The standard InChI is InChI=1S/C16H19NO3S/c1-4-17-15(11-7-5-6-8-14(11)21-3)12-9-10-13(20-12)16(18)19-2/h5-10,15,17H,4H2,1-3H3. The molecule has 21 heavy (non-hydrogen) atoms. The lowest BCUT2D eigenvalue weighted by molar-refractivity contribution is 0.0562. The van der Waals surface area contributed by atoms with E-state index >= 15 is 0 Å². The normalized spacial score (nSPS) is 12.1. The molecule has 0 spiro atoms. The third-order valence-electron chi connectivity index (χ3n) is 3.16. The third kappa shape index (κ3) is 3.49. The van der Waals surface area contributed by atoms with E-state index in [0.29, 0.717) is 5.76 Å². The maximum atomic E-state index is 11.5. The molecule has 1 heterocycles. The van der Waals surface area contributed by atoms with E-state index in [2.05, 4.69) is 22.2 Å². The number of rotatable bonds is 6. The molecule has 1 aromatic heterocycles. The summed E-state index contributed by atoms with van der Waals surface area (Å²) in [5.41, 5.74) is 1.14. The van der Waals surface area contributed by atoms with Crippen LogP contribution in [0.4, 0.5) is 0 Å². The second-order valence-corrected chi connectivity index (χ2v) is 5.27. The van der Waals surface area contributed by atoms with Gasteiger partial charge in [-0.3, -0.25) is 0 Å². The summed E-state index contributed by atoms with van der Waals surface area (Å²) in [6, 6.07) is 11.5. The molecule has 112 valence electrons. The molecule has 0 aliphatic heterocycles. The molecule has 1 unspecified atom stereocenters. The van der Waals surface area contributed by atoms with Gasteiger partial charge in [-0.25, -0.2) is 4.79 Å². The van der Waals surface area contributed by atoms with Crippen LogP contribution in [-0.4, -0.2) is 25.9 Å². The van der Waals surface area contributed by atoms with Gasteiger partial charge in [-0.05, 0) is 36.6 Å². The van der Waals surface area contributed by atoms with E-state index < -0.39 is 5.97 Å². The summed E-state index contributed by atoms with van der Waals surface area (Å²) in [5, 5.41) is 3.40. The third-order valence-corrected chi connectivity index (χ3v) is 3.97. The molecule has 5 heteroatoms. The summed E-state index contributed by atoms with van der Waals surface area (Å²) in [6.45, 7) is 2.83. The number of hydrogen-bond donors (Lipinski definition) is 1. The fourth-order valence-electron chi connectivity index (χ4n) is 2.19. The zero-order valence-electron chi connectivity index (χ0n) is 12.4. The fourth-order valence-corrected chi connectivity index (χ4v) is 2.83. The second kappa shape index (κ2) is 7.33. The summed E-state index contributed by atoms with van der Waals surface area (Å²) in [7, 11) is 1.34. The summed E-state index contributed by atoms with van der Waals surface area (Å²) in [6.07, 6.45) is 2.05. The highest BCUT2D eigenvalue weighted by atomic mass is 32.2. The molecule has 1 atom stereocenters. The number of benzene rings is 1. The first kappa shape index (κ1) is 15.7. The topological polar surface area (TPSA) is 51.5 Å². The summed E-state index contributed by atoms with van der Waals surface area (Å²) in [4.78, 5) is 12.7. The molecule has 2 aromatic rings. The maximum Gasteiger partial charge on any atom is 0.373 e.